The molecule has 4 aromatic rings. The maximum Gasteiger partial charge on any atom is 0.314 e. The Balaban J connectivity index is 1.11. The number of hydrogen-bond acceptors (Lipinski definition) is 8. The van der Waals surface area contributed by atoms with Crippen molar-refractivity contribution in [2.75, 3.05) is 33.9 Å². The largest absolute Gasteiger partial charge is 0.506 e. The van der Waals surface area contributed by atoms with E-state index in [0.29, 0.717) is 71.8 Å². The molecule has 0 unspecified atom stereocenters. The lowest BCUT2D eigenvalue weighted by Gasteiger charge is -2.34. The Kier molecular flexibility index (Phi) is 12.0. The Labute approximate surface area is 295 Å². The van der Waals surface area contributed by atoms with Crippen molar-refractivity contribution < 1.29 is 34.4 Å². The van der Waals surface area contributed by atoms with Crippen LogP contribution in [0.5, 0.6) is 17.2 Å². The van der Waals surface area contributed by atoms with Gasteiger partial charge in [0.15, 0.2) is 6.61 Å². The van der Waals surface area contributed by atoms with Crippen molar-refractivity contribution in [1.29, 1.82) is 0 Å². The molecule has 1 atom stereocenters. The smallest absolute Gasteiger partial charge is 0.314 e. The van der Waals surface area contributed by atoms with Crippen LogP contribution < -0.4 is 20.3 Å². The number of benzene rings is 3. The van der Waals surface area contributed by atoms with Crippen molar-refractivity contribution in [3.8, 4) is 17.2 Å². The molecule has 1 amide bonds. The van der Waals surface area contributed by atoms with E-state index < -0.39 is 17.5 Å². The summed E-state index contributed by atoms with van der Waals surface area (Å²) < 4.78 is 11.3. The van der Waals surface area contributed by atoms with Crippen LogP contribution in [0.1, 0.15) is 66.9 Å². The van der Waals surface area contributed by atoms with Gasteiger partial charge >= 0.3 is 5.97 Å². The fourth-order valence-electron chi connectivity index (χ4n) is 6.72. The van der Waals surface area contributed by atoms with Gasteiger partial charge in [0.25, 0.3) is 5.91 Å². The van der Waals surface area contributed by atoms with Crippen molar-refractivity contribution in [2.45, 2.75) is 63.0 Å². The molecule has 0 radical (unpaired) electrons. The minimum Gasteiger partial charge on any atom is -0.506 e. The first-order valence-electron chi connectivity index (χ1n) is 16.8. The summed E-state index contributed by atoms with van der Waals surface area (Å²) in [7, 11) is 3.23. The summed E-state index contributed by atoms with van der Waals surface area (Å²) in [6.45, 7) is 0.746. The number of methoxy groups -OCH3 is 1. The summed E-state index contributed by atoms with van der Waals surface area (Å²) in [5.74, 6) is -0.265. The molecule has 0 spiro atoms. The monoisotopic (exact) mass is 705 g/mol. The number of hydrogen-bond donors (Lipinski definition) is 5. The number of likely N-dealkylation sites (N-methyl/N-ethyl adjacent to an activating group) is 1. The molecule has 12 heteroatoms. The molecule has 0 aliphatic heterocycles. The van der Waals surface area contributed by atoms with Gasteiger partial charge in [0, 0.05) is 49.8 Å². The number of aliphatic carboxylic acids is 1. The number of carboxylic acid groups (broad SMARTS) is 1. The summed E-state index contributed by atoms with van der Waals surface area (Å²) >= 11 is 6.53. The van der Waals surface area contributed by atoms with Crippen LogP contribution in [-0.2, 0) is 28.0 Å². The summed E-state index contributed by atoms with van der Waals surface area (Å²) in [4.78, 5) is 41.1. The lowest BCUT2D eigenvalue weighted by atomic mass is 9.69. The number of carbonyl (C=O) groups is 2. The first-order chi connectivity index (χ1) is 24.0. The quantitative estimate of drug-likeness (QED) is 0.108. The second-order valence-corrected chi connectivity index (χ2v) is 13.3. The number of phenols is 1. The first-order valence-corrected chi connectivity index (χ1v) is 17.2. The number of aliphatic hydroxyl groups excluding tert-OH is 1. The van der Waals surface area contributed by atoms with E-state index in [4.69, 9.17) is 21.1 Å². The normalized spacial score (nSPS) is 14.6. The predicted octanol–water partition coefficient (Wildman–Crippen LogP) is 5.48. The summed E-state index contributed by atoms with van der Waals surface area (Å²) in [5.41, 5.74) is 2.27. The number of aryl methyl sites for hydroxylation is 1. The van der Waals surface area contributed by atoms with Gasteiger partial charge in [0.1, 0.15) is 17.2 Å². The Bertz CT molecular complexity index is 1890. The summed E-state index contributed by atoms with van der Waals surface area (Å²) in [5, 5.41) is 35.1. The fraction of sp³-hybridized carbons (Fsp3) is 0.395. The highest BCUT2D eigenvalue weighted by Crippen LogP contribution is 2.40. The van der Waals surface area contributed by atoms with Gasteiger partial charge in [0.2, 0.25) is 5.56 Å². The molecule has 1 aromatic heterocycles. The molecule has 0 bridgehead atoms. The highest BCUT2D eigenvalue weighted by Gasteiger charge is 2.41. The number of phenolic OH excluding ortho intramolecular Hbond substituents is 1. The van der Waals surface area contributed by atoms with Crippen LogP contribution in [0.4, 0.5) is 0 Å². The standard InChI is InChI=1S/C38H44ClN3O8/c1-42(17-7-9-24-8-6-10-26(18-24)38(37(47)48)15-4-3-5-16-38)35(46)23-50-33-20-32(49-2)25(19-29(33)39)21-40-22-31(44)27-11-13-30(43)36-28(27)12-14-34(45)41-36/h6,8,10-14,18-20,31,40,43-44H,3-5,7,9,15-17,21-23H2,1-2H3,(H,41,45)(H,47,48)/t31-/m0/s1. The molecule has 5 N–H and O–H groups in total. The van der Waals surface area contributed by atoms with E-state index in [-0.39, 0.29) is 35.9 Å². The molecule has 0 saturated heterocycles. The van der Waals surface area contributed by atoms with E-state index in [9.17, 15) is 29.7 Å². The third kappa shape index (κ3) is 8.40. The SMILES string of the molecule is COc1cc(OCC(=O)N(C)CCCc2cccc(C3(C(=O)O)CCCCC3)c2)c(Cl)cc1CNC[C@H](O)c1ccc(O)c2[nH]c(=O)ccc12. The number of carbonyl (C=O) groups excluding carboxylic acids is 1. The number of pyridine rings is 1. The highest BCUT2D eigenvalue weighted by atomic mass is 35.5. The van der Waals surface area contributed by atoms with E-state index in [1.54, 1.807) is 36.2 Å². The Morgan fingerprint density at radius 1 is 1.06 bits per heavy atom. The van der Waals surface area contributed by atoms with Crippen molar-refractivity contribution in [2.24, 2.45) is 0 Å². The third-order valence-electron chi connectivity index (χ3n) is 9.59. The number of nitrogens with one attached hydrogen (secondary N) is 2. The van der Waals surface area contributed by atoms with Crippen LogP contribution in [-0.4, -0.2) is 70.9 Å². The van der Waals surface area contributed by atoms with E-state index in [2.05, 4.69) is 10.3 Å². The third-order valence-corrected chi connectivity index (χ3v) is 9.88. The van der Waals surface area contributed by atoms with Crippen molar-refractivity contribution in [3.05, 3.63) is 98.3 Å². The lowest BCUT2D eigenvalue weighted by molar-refractivity contribution is -0.145. The number of halogens is 1. The van der Waals surface area contributed by atoms with Gasteiger partial charge < -0.3 is 40.0 Å². The molecule has 1 saturated carbocycles. The van der Waals surface area contributed by atoms with E-state index in [1.165, 1.54) is 19.2 Å². The van der Waals surface area contributed by atoms with Crippen LogP contribution in [0.2, 0.25) is 5.02 Å². The number of rotatable bonds is 15. The maximum atomic E-state index is 12.9. The zero-order valence-corrected chi connectivity index (χ0v) is 29.1. The van der Waals surface area contributed by atoms with Crippen molar-refractivity contribution >= 4 is 34.4 Å². The lowest BCUT2D eigenvalue weighted by Crippen LogP contribution is -2.37. The van der Waals surface area contributed by atoms with Crippen LogP contribution >= 0.6 is 11.6 Å². The average Bonchev–Trinajstić information content (AvgIpc) is 3.11. The van der Waals surface area contributed by atoms with Crippen molar-refractivity contribution in [1.82, 2.24) is 15.2 Å². The van der Waals surface area contributed by atoms with E-state index >= 15 is 0 Å². The molecule has 5 rings (SSSR count). The van der Waals surface area contributed by atoms with Gasteiger partial charge in [-0.2, -0.15) is 0 Å². The van der Waals surface area contributed by atoms with Crippen LogP contribution in [0, 0.1) is 0 Å². The zero-order valence-electron chi connectivity index (χ0n) is 28.3. The maximum absolute atomic E-state index is 12.9. The second kappa shape index (κ2) is 16.4. The summed E-state index contributed by atoms with van der Waals surface area (Å²) in [6, 6.07) is 17.1. The highest BCUT2D eigenvalue weighted by molar-refractivity contribution is 6.32. The van der Waals surface area contributed by atoms with Gasteiger partial charge in [0.05, 0.1) is 29.2 Å². The number of fused-ring (bicyclic) bond motifs is 1. The number of aromatic hydroxyl groups is 1. The summed E-state index contributed by atoms with van der Waals surface area (Å²) in [6.07, 6.45) is 4.71. The first kappa shape index (κ1) is 36.7. The van der Waals surface area contributed by atoms with Gasteiger partial charge in [-0.15, -0.1) is 0 Å². The molecule has 266 valence electrons. The van der Waals surface area contributed by atoms with Gasteiger partial charge in [-0.3, -0.25) is 14.4 Å². The number of aromatic nitrogens is 1. The molecule has 1 fully saturated rings. The number of nitrogens with zero attached hydrogens (tertiary/aromatic N) is 1. The average molecular weight is 706 g/mol. The second-order valence-electron chi connectivity index (χ2n) is 12.9. The predicted molar refractivity (Wildman–Crippen MR) is 191 cm³/mol. The fourth-order valence-corrected chi connectivity index (χ4v) is 6.96. The van der Waals surface area contributed by atoms with Crippen LogP contribution in [0.15, 0.2) is 65.5 Å². The molecule has 3 aromatic carbocycles. The molecule has 50 heavy (non-hydrogen) atoms. The van der Waals surface area contributed by atoms with E-state index in [1.807, 2.05) is 24.3 Å². The number of aromatic amines is 1. The topological polar surface area (TPSA) is 161 Å². The molecular formula is C38H44ClN3O8. The number of amides is 1. The van der Waals surface area contributed by atoms with Gasteiger partial charge in [-0.25, -0.2) is 0 Å². The molecule has 1 aliphatic carbocycles. The van der Waals surface area contributed by atoms with Gasteiger partial charge in [-0.1, -0.05) is 61.2 Å². The Hall–Kier alpha value is -4.58. The Morgan fingerprint density at radius 2 is 1.84 bits per heavy atom. The van der Waals surface area contributed by atoms with Gasteiger partial charge in [-0.05, 0) is 60.6 Å². The van der Waals surface area contributed by atoms with E-state index in [0.717, 1.165) is 30.4 Å². The number of ether oxygens (including phenoxy) is 2. The molecule has 1 aliphatic rings. The molecular weight excluding hydrogens is 662 g/mol. The molecule has 1 heterocycles. The minimum atomic E-state index is -0.938. The van der Waals surface area contributed by atoms with Crippen LogP contribution in [0.25, 0.3) is 10.9 Å². The zero-order chi connectivity index (χ0) is 35.8. The Morgan fingerprint density at radius 3 is 2.58 bits per heavy atom. The number of carboxylic acids is 1. The number of aliphatic hydroxyl groups is 1. The number of H-pyrrole nitrogens is 1. The molecule has 11 nitrogen and oxygen atoms in total. The minimum absolute atomic E-state index is 0.0824. The van der Waals surface area contributed by atoms with Crippen molar-refractivity contribution in [3.63, 3.8) is 0 Å². The van der Waals surface area contributed by atoms with Crippen LogP contribution in [0.3, 0.4) is 0 Å².